The Kier molecular flexibility index (Phi) is 5.22. The van der Waals surface area contributed by atoms with Gasteiger partial charge in [0.05, 0.1) is 5.02 Å². The molecule has 114 valence electrons. The van der Waals surface area contributed by atoms with Gasteiger partial charge in [0.1, 0.15) is 5.60 Å². The average molecular weight is 330 g/mol. The van der Waals surface area contributed by atoms with Crippen molar-refractivity contribution in [2.45, 2.75) is 18.4 Å². The zero-order chi connectivity index (χ0) is 14.0. The fraction of sp³-hybridized carbons (Fsp3) is 0.429. The van der Waals surface area contributed by atoms with Gasteiger partial charge >= 0.3 is 0 Å². The maximum Gasteiger partial charge on any atom is 0.259 e. The van der Waals surface area contributed by atoms with Gasteiger partial charge in [0.2, 0.25) is 5.82 Å². The van der Waals surface area contributed by atoms with E-state index >= 15 is 0 Å². The summed E-state index contributed by atoms with van der Waals surface area (Å²) >= 11 is 6.16. The Morgan fingerprint density at radius 3 is 2.67 bits per heavy atom. The molecule has 0 spiro atoms. The molecule has 0 aliphatic carbocycles. The van der Waals surface area contributed by atoms with Gasteiger partial charge in [0.25, 0.3) is 5.89 Å². The molecule has 1 aliphatic rings. The zero-order valence-corrected chi connectivity index (χ0v) is 13.2. The van der Waals surface area contributed by atoms with Gasteiger partial charge in [-0.3, -0.25) is 0 Å². The quantitative estimate of drug-likeness (QED) is 0.937. The van der Waals surface area contributed by atoms with Gasteiger partial charge in [0, 0.05) is 12.7 Å². The number of hydrogen-bond donors (Lipinski definition) is 1. The normalized spacial score (nSPS) is 17.2. The van der Waals surface area contributed by atoms with Crippen LogP contribution in [0.15, 0.2) is 28.8 Å². The third-order valence-electron chi connectivity index (χ3n) is 3.73. The summed E-state index contributed by atoms with van der Waals surface area (Å²) in [5.41, 5.74) is 0.280. The standard InChI is InChI=1S/C14H16ClN3O2.ClH/c1-19-14(6-8-16-9-7-14)13-17-12(18-20-13)10-4-2-3-5-11(10)15;/h2-5,16H,6-9H2,1H3;1H. The number of ether oxygens (including phenoxy) is 1. The SMILES string of the molecule is COC1(c2nc(-c3ccccc3Cl)no2)CCNCC1.Cl. The number of halogens is 2. The van der Waals surface area contributed by atoms with Gasteiger partial charge in [-0.15, -0.1) is 12.4 Å². The second-order valence-electron chi connectivity index (χ2n) is 4.85. The van der Waals surface area contributed by atoms with Crippen molar-refractivity contribution in [1.82, 2.24) is 15.5 Å². The van der Waals surface area contributed by atoms with E-state index in [2.05, 4.69) is 15.5 Å². The molecular weight excluding hydrogens is 313 g/mol. The summed E-state index contributed by atoms with van der Waals surface area (Å²) in [5.74, 6) is 1.02. The first-order chi connectivity index (χ1) is 9.75. The van der Waals surface area contributed by atoms with Gasteiger partial charge in [0.15, 0.2) is 0 Å². The maximum atomic E-state index is 6.16. The number of hydrogen-bond acceptors (Lipinski definition) is 5. The molecule has 0 unspecified atom stereocenters. The molecule has 1 aliphatic heterocycles. The minimum atomic E-state index is -0.488. The molecule has 0 radical (unpaired) electrons. The van der Waals surface area contributed by atoms with Crippen molar-refractivity contribution < 1.29 is 9.26 Å². The van der Waals surface area contributed by atoms with Crippen molar-refractivity contribution >= 4 is 24.0 Å². The van der Waals surface area contributed by atoms with Crippen LogP contribution in [0.1, 0.15) is 18.7 Å². The predicted molar refractivity (Wildman–Crippen MR) is 82.8 cm³/mol. The first-order valence-electron chi connectivity index (χ1n) is 6.60. The van der Waals surface area contributed by atoms with Gasteiger partial charge in [-0.05, 0) is 38.1 Å². The number of nitrogens with zero attached hydrogens (tertiary/aromatic N) is 2. The number of benzene rings is 1. The number of nitrogens with one attached hydrogen (secondary N) is 1. The van der Waals surface area contributed by atoms with Crippen LogP contribution in [0, 0.1) is 0 Å². The van der Waals surface area contributed by atoms with E-state index in [-0.39, 0.29) is 12.4 Å². The molecule has 0 atom stereocenters. The third kappa shape index (κ3) is 3.06. The Balaban J connectivity index is 0.00000161. The molecule has 0 amide bonds. The monoisotopic (exact) mass is 329 g/mol. The summed E-state index contributed by atoms with van der Waals surface area (Å²) in [6, 6.07) is 7.45. The van der Waals surface area contributed by atoms with Crippen LogP contribution in [0.4, 0.5) is 0 Å². The summed E-state index contributed by atoms with van der Waals surface area (Å²) < 4.78 is 11.1. The number of methoxy groups -OCH3 is 1. The molecule has 1 aromatic heterocycles. The molecule has 1 saturated heterocycles. The molecule has 2 aromatic rings. The summed E-state index contributed by atoms with van der Waals surface area (Å²) in [6.45, 7) is 1.75. The van der Waals surface area contributed by atoms with E-state index in [1.807, 2.05) is 24.3 Å². The van der Waals surface area contributed by atoms with Crippen LogP contribution in [-0.4, -0.2) is 30.3 Å². The summed E-state index contributed by atoms with van der Waals surface area (Å²) in [6.07, 6.45) is 1.63. The van der Waals surface area contributed by atoms with Crippen molar-refractivity contribution in [3.8, 4) is 11.4 Å². The van der Waals surface area contributed by atoms with Crippen LogP contribution in [-0.2, 0) is 10.3 Å². The lowest BCUT2D eigenvalue weighted by Gasteiger charge is -2.32. The van der Waals surface area contributed by atoms with Crippen molar-refractivity contribution in [2.75, 3.05) is 20.2 Å². The Labute approximate surface area is 134 Å². The summed E-state index contributed by atoms with van der Waals surface area (Å²) in [7, 11) is 1.69. The largest absolute Gasteiger partial charge is 0.368 e. The lowest BCUT2D eigenvalue weighted by atomic mass is 9.92. The molecule has 0 bridgehead atoms. The highest BCUT2D eigenvalue weighted by Gasteiger charge is 2.39. The fourth-order valence-electron chi connectivity index (χ4n) is 2.50. The predicted octanol–water partition coefficient (Wildman–Crippen LogP) is 3.04. The minimum absolute atomic E-state index is 0. The van der Waals surface area contributed by atoms with Crippen molar-refractivity contribution in [2.24, 2.45) is 0 Å². The first-order valence-corrected chi connectivity index (χ1v) is 6.98. The molecule has 3 rings (SSSR count). The molecule has 7 heteroatoms. The van der Waals surface area contributed by atoms with Gasteiger partial charge in [-0.25, -0.2) is 0 Å². The molecule has 21 heavy (non-hydrogen) atoms. The second kappa shape index (κ2) is 6.75. The average Bonchev–Trinajstić information content (AvgIpc) is 2.98. The second-order valence-corrected chi connectivity index (χ2v) is 5.26. The number of aromatic nitrogens is 2. The number of rotatable bonds is 3. The Morgan fingerprint density at radius 2 is 2.00 bits per heavy atom. The summed E-state index contributed by atoms with van der Waals surface area (Å²) in [5, 5.41) is 7.95. The van der Waals surface area contributed by atoms with E-state index in [4.69, 9.17) is 20.9 Å². The van der Waals surface area contributed by atoms with E-state index in [0.717, 1.165) is 31.5 Å². The van der Waals surface area contributed by atoms with Crippen LogP contribution >= 0.6 is 24.0 Å². The lowest BCUT2D eigenvalue weighted by Crippen LogP contribution is -2.41. The lowest BCUT2D eigenvalue weighted by molar-refractivity contribution is -0.0622. The maximum absolute atomic E-state index is 6.16. The van der Waals surface area contributed by atoms with Gasteiger partial charge in [-0.1, -0.05) is 28.9 Å². The number of piperidine rings is 1. The van der Waals surface area contributed by atoms with Crippen LogP contribution in [0.25, 0.3) is 11.4 Å². The van der Waals surface area contributed by atoms with Crippen LogP contribution in [0.5, 0.6) is 0 Å². The smallest absolute Gasteiger partial charge is 0.259 e. The highest BCUT2D eigenvalue weighted by Crippen LogP contribution is 2.34. The molecule has 1 N–H and O–H groups in total. The van der Waals surface area contributed by atoms with E-state index in [1.54, 1.807) is 7.11 Å². The zero-order valence-electron chi connectivity index (χ0n) is 11.6. The van der Waals surface area contributed by atoms with Crippen molar-refractivity contribution in [3.63, 3.8) is 0 Å². The first kappa shape index (κ1) is 16.2. The van der Waals surface area contributed by atoms with E-state index < -0.39 is 5.60 Å². The van der Waals surface area contributed by atoms with Crippen molar-refractivity contribution in [1.29, 1.82) is 0 Å². The Hall–Kier alpha value is -1.14. The highest BCUT2D eigenvalue weighted by atomic mass is 35.5. The van der Waals surface area contributed by atoms with Gasteiger partial charge < -0.3 is 14.6 Å². The van der Waals surface area contributed by atoms with E-state index in [0.29, 0.717) is 16.7 Å². The minimum Gasteiger partial charge on any atom is -0.368 e. The highest BCUT2D eigenvalue weighted by molar-refractivity contribution is 6.33. The fourth-order valence-corrected chi connectivity index (χ4v) is 2.72. The molecule has 0 saturated carbocycles. The Bertz CT molecular complexity index is 597. The topological polar surface area (TPSA) is 60.2 Å². The third-order valence-corrected chi connectivity index (χ3v) is 4.06. The van der Waals surface area contributed by atoms with E-state index in [1.165, 1.54) is 0 Å². The molecule has 1 fully saturated rings. The van der Waals surface area contributed by atoms with Crippen LogP contribution in [0.2, 0.25) is 5.02 Å². The van der Waals surface area contributed by atoms with Crippen LogP contribution < -0.4 is 5.32 Å². The van der Waals surface area contributed by atoms with Gasteiger partial charge in [-0.2, -0.15) is 4.98 Å². The van der Waals surface area contributed by atoms with Crippen LogP contribution in [0.3, 0.4) is 0 Å². The molecular formula is C14H17Cl2N3O2. The molecule has 5 nitrogen and oxygen atoms in total. The van der Waals surface area contributed by atoms with E-state index in [9.17, 15) is 0 Å². The van der Waals surface area contributed by atoms with Crippen molar-refractivity contribution in [3.05, 3.63) is 35.2 Å². The molecule has 1 aromatic carbocycles. The Morgan fingerprint density at radius 1 is 1.29 bits per heavy atom. The molecule has 2 heterocycles. The summed E-state index contributed by atoms with van der Waals surface area (Å²) in [4.78, 5) is 4.49.